The maximum atomic E-state index is 11.8. The van der Waals surface area contributed by atoms with E-state index < -0.39 is 37.3 Å². The van der Waals surface area contributed by atoms with Crippen LogP contribution in [0.4, 0.5) is 0 Å². The Kier molecular flexibility index (Phi) is 4.98. The molecule has 5 atom stereocenters. The fourth-order valence-corrected chi connectivity index (χ4v) is 2.25. The molecule has 7 heteroatoms. The Hall–Kier alpha value is -0.730. The van der Waals surface area contributed by atoms with Crippen LogP contribution >= 0.6 is 0 Å². The van der Waals surface area contributed by atoms with Gasteiger partial charge in [-0.25, -0.2) is 0 Å². The number of aliphatic hydroxyl groups excluding tert-OH is 3. The third-order valence-electron chi connectivity index (χ3n) is 3.54. The van der Waals surface area contributed by atoms with Crippen LogP contribution in [0.1, 0.15) is 26.7 Å². The van der Waals surface area contributed by atoms with E-state index in [0.717, 1.165) is 12.8 Å². The molecule has 2 aliphatic rings. The van der Waals surface area contributed by atoms with Crippen molar-refractivity contribution < 1.29 is 29.6 Å². The Balaban J connectivity index is 2.07. The van der Waals surface area contributed by atoms with E-state index in [1.807, 2.05) is 0 Å². The monoisotopic (exact) mass is 289 g/mol. The van der Waals surface area contributed by atoms with Crippen molar-refractivity contribution in [1.29, 1.82) is 0 Å². The summed E-state index contributed by atoms with van der Waals surface area (Å²) in [6, 6.07) is -0.844. The zero-order valence-corrected chi connectivity index (χ0v) is 11.7. The highest BCUT2D eigenvalue weighted by atomic mass is 16.7. The van der Waals surface area contributed by atoms with Gasteiger partial charge in [-0.05, 0) is 26.7 Å². The highest BCUT2D eigenvalue weighted by Crippen LogP contribution is 2.30. The third-order valence-corrected chi connectivity index (χ3v) is 3.54. The van der Waals surface area contributed by atoms with E-state index in [2.05, 4.69) is 5.32 Å². The number of rotatable bonds is 5. The van der Waals surface area contributed by atoms with Gasteiger partial charge in [0, 0.05) is 5.92 Å². The minimum absolute atomic E-state index is 0.0189. The molecule has 0 radical (unpaired) electrons. The second-order valence-electron chi connectivity index (χ2n) is 5.70. The lowest BCUT2D eigenvalue weighted by atomic mass is 9.96. The minimum Gasteiger partial charge on any atom is -0.394 e. The number of carbonyl (C=O) groups excluding carboxylic acids is 1. The molecule has 1 aliphatic carbocycles. The SMILES string of the molecule is CC(C)O[C@H]1O[C@H](CO)[C@H](O)[C@H](O)[C@H]1NC(=O)C1CC1. The summed E-state index contributed by atoms with van der Waals surface area (Å²) >= 11 is 0. The molecular weight excluding hydrogens is 266 g/mol. The lowest BCUT2D eigenvalue weighted by Gasteiger charge is -2.42. The van der Waals surface area contributed by atoms with Gasteiger partial charge in [-0.1, -0.05) is 0 Å². The summed E-state index contributed by atoms with van der Waals surface area (Å²) < 4.78 is 11.0. The normalized spacial score (nSPS) is 38.0. The fourth-order valence-electron chi connectivity index (χ4n) is 2.25. The molecule has 20 heavy (non-hydrogen) atoms. The number of ether oxygens (including phenoxy) is 2. The molecule has 0 spiro atoms. The van der Waals surface area contributed by atoms with Gasteiger partial charge in [-0.2, -0.15) is 0 Å². The van der Waals surface area contributed by atoms with E-state index in [-0.39, 0.29) is 17.9 Å². The van der Waals surface area contributed by atoms with Gasteiger partial charge in [0.15, 0.2) is 6.29 Å². The van der Waals surface area contributed by atoms with Crippen LogP contribution in [0.25, 0.3) is 0 Å². The predicted octanol–water partition coefficient (Wildman–Crippen LogP) is -1.25. The lowest BCUT2D eigenvalue weighted by molar-refractivity contribution is -0.278. The Bertz CT molecular complexity index is 346. The molecule has 2 fully saturated rings. The first-order valence-electron chi connectivity index (χ1n) is 7.02. The van der Waals surface area contributed by atoms with Gasteiger partial charge in [0.1, 0.15) is 24.4 Å². The van der Waals surface area contributed by atoms with Crippen LogP contribution in [0.3, 0.4) is 0 Å². The van der Waals surface area contributed by atoms with E-state index in [4.69, 9.17) is 14.6 Å². The Labute approximate surface area is 117 Å². The van der Waals surface area contributed by atoms with Gasteiger partial charge in [0.2, 0.25) is 5.91 Å². The van der Waals surface area contributed by atoms with Crippen molar-refractivity contribution in [2.75, 3.05) is 6.61 Å². The van der Waals surface area contributed by atoms with Crippen molar-refractivity contribution >= 4 is 5.91 Å². The van der Waals surface area contributed by atoms with Gasteiger partial charge >= 0.3 is 0 Å². The second-order valence-corrected chi connectivity index (χ2v) is 5.70. The van der Waals surface area contributed by atoms with Crippen LogP contribution in [0.5, 0.6) is 0 Å². The maximum absolute atomic E-state index is 11.8. The smallest absolute Gasteiger partial charge is 0.223 e. The quantitative estimate of drug-likeness (QED) is 0.503. The van der Waals surface area contributed by atoms with Crippen LogP contribution in [-0.4, -0.2) is 64.6 Å². The summed E-state index contributed by atoms with van der Waals surface area (Å²) in [6.45, 7) is 3.17. The van der Waals surface area contributed by atoms with Crippen LogP contribution < -0.4 is 5.32 Å². The zero-order valence-electron chi connectivity index (χ0n) is 11.7. The first-order chi connectivity index (χ1) is 9.43. The van der Waals surface area contributed by atoms with Crippen LogP contribution in [-0.2, 0) is 14.3 Å². The summed E-state index contributed by atoms with van der Waals surface area (Å²) in [5.74, 6) is -0.181. The number of hydrogen-bond donors (Lipinski definition) is 4. The average molecular weight is 289 g/mol. The Morgan fingerprint density at radius 3 is 2.50 bits per heavy atom. The van der Waals surface area contributed by atoms with Crippen LogP contribution in [0, 0.1) is 5.92 Å². The summed E-state index contributed by atoms with van der Waals surface area (Å²) in [5.41, 5.74) is 0. The molecule has 1 saturated heterocycles. The molecule has 1 saturated carbocycles. The lowest BCUT2D eigenvalue weighted by Crippen LogP contribution is -2.65. The molecule has 4 N–H and O–H groups in total. The number of amides is 1. The molecule has 0 aromatic rings. The van der Waals surface area contributed by atoms with E-state index >= 15 is 0 Å². The summed E-state index contributed by atoms with van der Waals surface area (Å²) in [6.07, 6.45) is -2.83. The summed E-state index contributed by atoms with van der Waals surface area (Å²) in [5, 5.41) is 31.9. The molecule has 1 aliphatic heterocycles. The predicted molar refractivity (Wildman–Crippen MR) is 68.6 cm³/mol. The first kappa shape index (κ1) is 15.7. The van der Waals surface area contributed by atoms with Gasteiger partial charge in [-0.15, -0.1) is 0 Å². The Morgan fingerprint density at radius 2 is 2.00 bits per heavy atom. The largest absolute Gasteiger partial charge is 0.394 e. The summed E-state index contributed by atoms with van der Waals surface area (Å²) in [7, 11) is 0. The van der Waals surface area contributed by atoms with E-state index in [1.165, 1.54) is 0 Å². The number of nitrogens with one attached hydrogen (secondary N) is 1. The van der Waals surface area contributed by atoms with Crippen molar-refractivity contribution in [1.82, 2.24) is 5.32 Å². The minimum atomic E-state index is -1.27. The molecule has 1 amide bonds. The van der Waals surface area contributed by atoms with E-state index in [0.29, 0.717) is 0 Å². The molecule has 2 rings (SSSR count). The number of carbonyl (C=O) groups is 1. The number of aliphatic hydroxyl groups is 3. The zero-order chi connectivity index (χ0) is 14.9. The van der Waals surface area contributed by atoms with Crippen molar-refractivity contribution in [3.8, 4) is 0 Å². The van der Waals surface area contributed by atoms with Crippen molar-refractivity contribution in [3.05, 3.63) is 0 Å². The van der Waals surface area contributed by atoms with Crippen LogP contribution in [0.2, 0.25) is 0 Å². The topological polar surface area (TPSA) is 108 Å². The average Bonchev–Trinajstić information content (AvgIpc) is 3.21. The van der Waals surface area contributed by atoms with Crippen molar-refractivity contribution in [3.63, 3.8) is 0 Å². The number of hydrogen-bond acceptors (Lipinski definition) is 6. The molecule has 0 bridgehead atoms. The third kappa shape index (κ3) is 3.48. The van der Waals surface area contributed by atoms with Gasteiger partial charge in [-0.3, -0.25) is 4.79 Å². The van der Waals surface area contributed by atoms with E-state index in [1.54, 1.807) is 13.8 Å². The van der Waals surface area contributed by atoms with Gasteiger partial charge in [0.25, 0.3) is 0 Å². The standard InChI is InChI=1S/C13H23NO6/c1-6(2)19-13-9(14-12(18)7-3-4-7)11(17)10(16)8(5-15)20-13/h6-11,13,15-17H,3-5H2,1-2H3,(H,14,18)/t8-,9-,10+,11-,13+/m1/s1. The van der Waals surface area contributed by atoms with E-state index in [9.17, 15) is 15.0 Å². The molecule has 7 nitrogen and oxygen atoms in total. The second kappa shape index (κ2) is 6.36. The Morgan fingerprint density at radius 1 is 1.35 bits per heavy atom. The van der Waals surface area contributed by atoms with Crippen LogP contribution in [0.15, 0.2) is 0 Å². The molecule has 0 unspecified atom stereocenters. The highest BCUT2D eigenvalue weighted by Gasteiger charge is 2.46. The fraction of sp³-hybridized carbons (Fsp3) is 0.923. The van der Waals surface area contributed by atoms with Gasteiger partial charge < -0.3 is 30.1 Å². The first-order valence-corrected chi connectivity index (χ1v) is 7.02. The molecule has 0 aromatic carbocycles. The molecular formula is C13H23NO6. The molecule has 1 heterocycles. The maximum Gasteiger partial charge on any atom is 0.223 e. The van der Waals surface area contributed by atoms with Crippen molar-refractivity contribution in [2.24, 2.45) is 5.92 Å². The summed E-state index contributed by atoms with van der Waals surface area (Å²) in [4.78, 5) is 11.8. The molecule has 0 aromatic heterocycles. The highest BCUT2D eigenvalue weighted by molar-refractivity contribution is 5.81. The molecule has 116 valence electrons. The van der Waals surface area contributed by atoms with Gasteiger partial charge in [0.05, 0.1) is 12.7 Å². The van der Waals surface area contributed by atoms with Crippen molar-refractivity contribution in [2.45, 2.75) is 63.4 Å².